The van der Waals surface area contributed by atoms with E-state index in [0.29, 0.717) is 11.1 Å². The summed E-state index contributed by atoms with van der Waals surface area (Å²) in [7, 11) is 0. The molecule has 6 nitrogen and oxygen atoms in total. The second-order valence-corrected chi connectivity index (χ2v) is 4.61. The topological polar surface area (TPSA) is 81.4 Å². The highest BCUT2D eigenvalue weighted by molar-refractivity contribution is 6.02. The molecule has 1 aromatic heterocycles. The van der Waals surface area contributed by atoms with Crippen LogP contribution in [-0.4, -0.2) is 23.5 Å². The Balaban J connectivity index is 1.64. The Hall–Kier alpha value is -3.22. The minimum atomic E-state index is -0.715. The lowest BCUT2D eigenvalue weighted by Crippen LogP contribution is -2.21. The van der Waals surface area contributed by atoms with Crippen LogP contribution in [0, 0.1) is 5.82 Å². The molecule has 1 amide bonds. The molecule has 0 aliphatic heterocycles. The first-order chi connectivity index (χ1) is 11.1. The molecule has 0 atom stereocenters. The third-order valence-electron chi connectivity index (χ3n) is 3.06. The van der Waals surface area contributed by atoms with Gasteiger partial charge in [-0.2, -0.15) is 0 Å². The van der Waals surface area contributed by atoms with E-state index < -0.39 is 24.3 Å². The summed E-state index contributed by atoms with van der Waals surface area (Å²) in [6, 6.07) is 10.5. The molecule has 2 aromatic carbocycles. The quantitative estimate of drug-likeness (QED) is 0.749. The van der Waals surface area contributed by atoms with Crippen LogP contribution in [0.5, 0.6) is 0 Å². The third kappa shape index (κ3) is 3.18. The lowest BCUT2D eigenvalue weighted by atomic mass is 10.2. The van der Waals surface area contributed by atoms with Crippen LogP contribution in [0.25, 0.3) is 11.1 Å². The maximum absolute atomic E-state index is 13.4. The van der Waals surface area contributed by atoms with Gasteiger partial charge < -0.3 is 14.5 Å². The van der Waals surface area contributed by atoms with E-state index in [-0.39, 0.29) is 11.3 Å². The number of oxazole rings is 1. The molecule has 0 bridgehead atoms. The second-order valence-electron chi connectivity index (χ2n) is 4.61. The summed E-state index contributed by atoms with van der Waals surface area (Å²) in [5, 5.41) is 2.32. The predicted octanol–water partition coefficient (Wildman–Crippen LogP) is 2.76. The Bertz CT molecular complexity index is 875. The molecule has 1 heterocycles. The van der Waals surface area contributed by atoms with Gasteiger partial charge in [-0.3, -0.25) is 4.79 Å². The molecule has 7 heteroatoms. The van der Waals surface area contributed by atoms with Gasteiger partial charge in [0.15, 0.2) is 18.6 Å². The summed E-state index contributed by atoms with van der Waals surface area (Å²) in [6.07, 6.45) is 1.21. The van der Waals surface area contributed by atoms with Gasteiger partial charge >= 0.3 is 5.97 Å². The number of fused-ring (bicyclic) bond motifs is 1. The number of nitrogens with one attached hydrogen (secondary N) is 1. The molecule has 116 valence electrons. The van der Waals surface area contributed by atoms with Crippen LogP contribution >= 0.6 is 0 Å². The van der Waals surface area contributed by atoms with Gasteiger partial charge in [0.25, 0.3) is 5.91 Å². The minimum Gasteiger partial charge on any atom is -0.452 e. The Labute approximate surface area is 129 Å². The van der Waals surface area contributed by atoms with E-state index in [4.69, 9.17) is 9.15 Å². The van der Waals surface area contributed by atoms with E-state index >= 15 is 0 Å². The number of esters is 1. The summed E-state index contributed by atoms with van der Waals surface area (Å²) >= 11 is 0. The monoisotopic (exact) mass is 314 g/mol. The summed E-state index contributed by atoms with van der Waals surface area (Å²) in [4.78, 5) is 27.7. The van der Waals surface area contributed by atoms with E-state index in [1.165, 1.54) is 30.7 Å². The highest BCUT2D eigenvalue weighted by Gasteiger charge is 2.16. The zero-order valence-corrected chi connectivity index (χ0v) is 11.8. The number of halogens is 1. The van der Waals surface area contributed by atoms with Gasteiger partial charge in [-0.15, -0.1) is 0 Å². The second kappa shape index (κ2) is 6.27. The number of hydrogen-bond donors (Lipinski definition) is 1. The van der Waals surface area contributed by atoms with Gasteiger partial charge in [0.05, 0.1) is 11.3 Å². The number of hydrogen-bond acceptors (Lipinski definition) is 5. The van der Waals surface area contributed by atoms with Crippen molar-refractivity contribution < 1.29 is 23.1 Å². The molecule has 0 aliphatic rings. The first kappa shape index (κ1) is 14.7. The average molecular weight is 314 g/mol. The average Bonchev–Trinajstić information content (AvgIpc) is 3.03. The third-order valence-corrected chi connectivity index (χ3v) is 3.06. The molecule has 0 saturated carbocycles. The molecular weight excluding hydrogens is 303 g/mol. The number of carbonyl (C=O) groups excluding carboxylic acids is 2. The van der Waals surface area contributed by atoms with E-state index in [1.54, 1.807) is 18.2 Å². The van der Waals surface area contributed by atoms with Crippen molar-refractivity contribution in [2.75, 3.05) is 11.9 Å². The SMILES string of the molecule is O=C(COC(=O)c1cccc2ocnc12)Nc1ccccc1F. The number of para-hydroxylation sites is 2. The highest BCUT2D eigenvalue weighted by Crippen LogP contribution is 2.18. The fourth-order valence-electron chi connectivity index (χ4n) is 2.01. The molecule has 23 heavy (non-hydrogen) atoms. The van der Waals surface area contributed by atoms with E-state index in [9.17, 15) is 14.0 Å². The largest absolute Gasteiger partial charge is 0.452 e. The summed E-state index contributed by atoms with van der Waals surface area (Å²) in [5.74, 6) is -1.93. The van der Waals surface area contributed by atoms with Gasteiger partial charge in [-0.1, -0.05) is 18.2 Å². The molecule has 0 unspecified atom stereocenters. The summed E-state index contributed by atoms with van der Waals surface area (Å²) in [6.45, 7) is -0.540. The van der Waals surface area contributed by atoms with Gasteiger partial charge in [-0.05, 0) is 24.3 Å². The number of carbonyl (C=O) groups is 2. The van der Waals surface area contributed by atoms with Gasteiger partial charge in [0, 0.05) is 0 Å². The van der Waals surface area contributed by atoms with Crippen molar-refractivity contribution in [3.05, 3.63) is 60.2 Å². The first-order valence-electron chi connectivity index (χ1n) is 6.69. The van der Waals surface area contributed by atoms with Crippen LogP contribution in [0.3, 0.4) is 0 Å². The van der Waals surface area contributed by atoms with Crippen LogP contribution in [0.15, 0.2) is 53.3 Å². The normalized spacial score (nSPS) is 10.5. The predicted molar refractivity (Wildman–Crippen MR) is 79.3 cm³/mol. The van der Waals surface area contributed by atoms with Crippen LogP contribution in [-0.2, 0) is 9.53 Å². The van der Waals surface area contributed by atoms with Crippen LogP contribution < -0.4 is 5.32 Å². The molecule has 0 aliphatic carbocycles. The first-order valence-corrected chi connectivity index (χ1v) is 6.69. The van der Waals surface area contributed by atoms with Gasteiger partial charge in [-0.25, -0.2) is 14.2 Å². The number of amides is 1. The molecular formula is C16H11FN2O4. The van der Waals surface area contributed by atoms with E-state index in [0.717, 1.165) is 0 Å². The Morgan fingerprint density at radius 1 is 1.17 bits per heavy atom. The number of anilines is 1. The zero-order chi connectivity index (χ0) is 16.2. The minimum absolute atomic E-state index is 0.0205. The van der Waals surface area contributed by atoms with Crippen molar-refractivity contribution in [3.8, 4) is 0 Å². The van der Waals surface area contributed by atoms with Crippen LogP contribution in [0.4, 0.5) is 10.1 Å². The molecule has 0 spiro atoms. The maximum Gasteiger partial charge on any atom is 0.340 e. The van der Waals surface area contributed by atoms with Crippen molar-refractivity contribution in [2.45, 2.75) is 0 Å². The van der Waals surface area contributed by atoms with Gasteiger partial charge in [0.1, 0.15) is 11.3 Å². The highest BCUT2D eigenvalue weighted by atomic mass is 19.1. The number of aromatic nitrogens is 1. The standard InChI is InChI=1S/C16H11FN2O4/c17-11-5-1-2-6-12(11)19-14(20)8-22-16(21)10-4-3-7-13-15(10)18-9-23-13/h1-7,9H,8H2,(H,19,20). The number of nitrogens with zero attached hydrogens (tertiary/aromatic N) is 1. The fraction of sp³-hybridized carbons (Fsp3) is 0.0625. The smallest absolute Gasteiger partial charge is 0.340 e. The number of benzene rings is 2. The molecule has 0 fully saturated rings. The van der Waals surface area contributed by atoms with Crippen molar-refractivity contribution in [2.24, 2.45) is 0 Å². The number of rotatable bonds is 4. The molecule has 3 rings (SSSR count). The van der Waals surface area contributed by atoms with Crippen LogP contribution in [0.1, 0.15) is 10.4 Å². The van der Waals surface area contributed by atoms with Crippen molar-refractivity contribution >= 4 is 28.7 Å². The maximum atomic E-state index is 13.4. The Morgan fingerprint density at radius 3 is 2.83 bits per heavy atom. The summed E-state index contributed by atoms with van der Waals surface area (Å²) in [5.41, 5.74) is 1.00. The van der Waals surface area contributed by atoms with E-state index in [1.807, 2.05) is 0 Å². The molecule has 0 saturated heterocycles. The number of ether oxygens (including phenoxy) is 1. The molecule has 0 radical (unpaired) electrons. The Kier molecular flexibility index (Phi) is 4.01. The van der Waals surface area contributed by atoms with E-state index in [2.05, 4.69) is 10.3 Å². The van der Waals surface area contributed by atoms with Crippen LogP contribution in [0.2, 0.25) is 0 Å². The Morgan fingerprint density at radius 2 is 2.00 bits per heavy atom. The zero-order valence-electron chi connectivity index (χ0n) is 11.8. The molecule has 3 aromatic rings. The molecule has 1 N–H and O–H groups in total. The lowest BCUT2D eigenvalue weighted by Gasteiger charge is -2.07. The summed E-state index contributed by atoms with van der Waals surface area (Å²) < 4.78 is 23.4. The van der Waals surface area contributed by atoms with Crippen molar-refractivity contribution in [1.82, 2.24) is 4.98 Å². The fourth-order valence-corrected chi connectivity index (χ4v) is 2.01. The van der Waals surface area contributed by atoms with Gasteiger partial charge in [0.2, 0.25) is 0 Å². The lowest BCUT2D eigenvalue weighted by molar-refractivity contribution is -0.119. The van der Waals surface area contributed by atoms with Crippen molar-refractivity contribution in [1.29, 1.82) is 0 Å². The van der Waals surface area contributed by atoms with Crippen molar-refractivity contribution in [3.63, 3.8) is 0 Å².